The van der Waals surface area contributed by atoms with E-state index in [1.807, 2.05) is 0 Å². The Hall–Kier alpha value is -1.77. The lowest BCUT2D eigenvalue weighted by molar-refractivity contribution is -0.136. The summed E-state index contributed by atoms with van der Waals surface area (Å²) in [6, 6.07) is 7.16. The molecular formula is C19H22N2O. The third-order valence-corrected chi connectivity index (χ3v) is 5.74. The Balaban J connectivity index is 1.69. The molecule has 3 aliphatic rings. The molecule has 1 aromatic carbocycles. The van der Waals surface area contributed by atoms with Gasteiger partial charge in [0.1, 0.15) is 0 Å². The van der Waals surface area contributed by atoms with Gasteiger partial charge in [0.2, 0.25) is 5.91 Å². The third-order valence-electron chi connectivity index (χ3n) is 5.74. The van der Waals surface area contributed by atoms with Crippen molar-refractivity contribution in [3.63, 3.8) is 0 Å². The van der Waals surface area contributed by atoms with Crippen LogP contribution in [0, 0.1) is 12.8 Å². The Bertz CT molecular complexity index is 784. The number of rotatable bonds is 1. The number of aryl methyl sites for hydroxylation is 2. The van der Waals surface area contributed by atoms with Gasteiger partial charge in [0.25, 0.3) is 0 Å². The zero-order valence-corrected chi connectivity index (χ0v) is 13.1. The minimum atomic E-state index is 0.332. The van der Waals surface area contributed by atoms with Crippen molar-refractivity contribution in [1.82, 2.24) is 9.47 Å². The van der Waals surface area contributed by atoms with Crippen molar-refractivity contribution in [2.45, 2.75) is 51.6 Å². The Kier molecular flexibility index (Phi) is 2.53. The van der Waals surface area contributed by atoms with Gasteiger partial charge in [-0.2, -0.15) is 0 Å². The number of benzene rings is 1. The fraction of sp³-hybridized carbons (Fsp3) is 0.526. The monoisotopic (exact) mass is 294 g/mol. The second-order valence-corrected chi connectivity index (χ2v) is 7.25. The van der Waals surface area contributed by atoms with Crippen molar-refractivity contribution in [2.75, 3.05) is 6.54 Å². The van der Waals surface area contributed by atoms with Crippen LogP contribution >= 0.6 is 0 Å². The highest BCUT2D eigenvalue weighted by molar-refractivity contribution is 5.88. The van der Waals surface area contributed by atoms with Gasteiger partial charge < -0.3 is 9.47 Å². The molecule has 0 spiro atoms. The SMILES string of the molecule is Cc1ccc2c(c1)c1c3n2CCN(C(=O)C2CC2)[C@H]3CCC1. The molecule has 1 aromatic heterocycles. The minimum Gasteiger partial charge on any atom is -0.341 e. The zero-order chi connectivity index (χ0) is 14.8. The summed E-state index contributed by atoms with van der Waals surface area (Å²) in [4.78, 5) is 14.9. The van der Waals surface area contributed by atoms with Gasteiger partial charge in [0.15, 0.2) is 0 Å². The first-order valence-corrected chi connectivity index (χ1v) is 8.66. The van der Waals surface area contributed by atoms with Crippen molar-refractivity contribution >= 4 is 16.8 Å². The van der Waals surface area contributed by atoms with Crippen LogP contribution in [0.2, 0.25) is 0 Å². The quantitative estimate of drug-likeness (QED) is 0.789. The fourth-order valence-corrected chi connectivity index (χ4v) is 4.55. The average Bonchev–Trinajstić information content (AvgIpc) is 3.33. The van der Waals surface area contributed by atoms with E-state index in [0.29, 0.717) is 17.9 Å². The Morgan fingerprint density at radius 3 is 2.86 bits per heavy atom. The predicted octanol–water partition coefficient (Wildman–Crippen LogP) is 3.58. The third kappa shape index (κ3) is 1.65. The molecule has 0 saturated heterocycles. The second-order valence-electron chi connectivity index (χ2n) is 7.25. The summed E-state index contributed by atoms with van der Waals surface area (Å²) in [6.07, 6.45) is 5.73. The first-order chi connectivity index (χ1) is 10.7. The minimum absolute atomic E-state index is 0.332. The molecule has 0 N–H and O–H groups in total. The smallest absolute Gasteiger partial charge is 0.226 e. The number of amides is 1. The molecule has 0 radical (unpaired) electrons. The number of aromatic nitrogens is 1. The molecular weight excluding hydrogens is 272 g/mol. The van der Waals surface area contributed by atoms with Crippen LogP contribution < -0.4 is 0 Å². The Morgan fingerprint density at radius 2 is 2.05 bits per heavy atom. The first kappa shape index (κ1) is 12.7. The number of hydrogen-bond donors (Lipinski definition) is 0. The average molecular weight is 294 g/mol. The zero-order valence-electron chi connectivity index (χ0n) is 13.1. The molecule has 5 rings (SSSR count). The van der Waals surface area contributed by atoms with Crippen LogP contribution in [0.1, 0.15) is 48.5 Å². The van der Waals surface area contributed by atoms with Gasteiger partial charge in [-0.05, 0) is 56.7 Å². The Labute approximate surface area is 130 Å². The maximum atomic E-state index is 12.7. The molecule has 114 valence electrons. The fourth-order valence-electron chi connectivity index (χ4n) is 4.55. The highest BCUT2D eigenvalue weighted by Crippen LogP contribution is 2.44. The summed E-state index contributed by atoms with van der Waals surface area (Å²) in [5.41, 5.74) is 5.68. The maximum absolute atomic E-state index is 12.7. The molecule has 2 aromatic rings. The lowest BCUT2D eigenvalue weighted by Crippen LogP contribution is -2.44. The van der Waals surface area contributed by atoms with Crippen LogP contribution in [-0.4, -0.2) is 21.9 Å². The molecule has 3 nitrogen and oxygen atoms in total. The molecule has 0 bridgehead atoms. The Morgan fingerprint density at radius 1 is 1.18 bits per heavy atom. The molecule has 0 unspecified atom stereocenters. The van der Waals surface area contributed by atoms with E-state index in [4.69, 9.17) is 0 Å². The predicted molar refractivity (Wildman–Crippen MR) is 86.8 cm³/mol. The molecule has 1 atom stereocenters. The lowest BCUT2D eigenvalue weighted by Gasteiger charge is -2.40. The highest BCUT2D eigenvalue weighted by Gasteiger charge is 2.41. The number of carbonyl (C=O) groups is 1. The van der Waals surface area contributed by atoms with E-state index < -0.39 is 0 Å². The van der Waals surface area contributed by atoms with Gasteiger partial charge in [-0.3, -0.25) is 4.79 Å². The normalized spacial score (nSPS) is 23.7. The number of carbonyl (C=O) groups excluding carboxylic acids is 1. The molecule has 1 aliphatic heterocycles. The summed E-state index contributed by atoms with van der Waals surface area (Å²) < 4.78 is 2.50. The van der Waals surface area contributed by atoms with E-state index in [2.05, 4.69) is 34.6 Å². The highest BCUT2D eigenvalue weighted by atomic mass is 16.2. The van der Waals surface area contributed by atoms with Crippen molar-refractivity contribution in [1.29, 1.82) is 0 Å². The van der Waals surface area contributed by atoms with E-state index in [9.17, 15) is 4.79 Å². The van der Waals surface area contributed by atoms with Crippen molar-refractivity contribution in [3.8, 4) is 0 Å². The van der Waals surface area contributed by atoms with E-state index in [1.54, 1.807) is 0 Å². The molecule has 1 saturated carbocycles. The molecule has 3 heteroatoms. The van der Waals surface area contributed by atoms with Crippen LogP contribution in [0.5, 0.6) is 0 Å². The summed E-state index contributed by atoms with van der Waals surface area (Å²) in [5, 5.41) is 1.43. The van der Waals surface area contributed by atoms with Gasteiger partial charge in [0.05, 0.1) is 6.04 Å². The summed E-state index contributed by atoms with van der Waals surface area (Å²) in [5.74, 6) is 0.758. The molecule has 2 aliphatic carbocycles. The molecule has 1 amide bonds. The number of hydrogen-bond acceptors (Lipinski definition) is 1. The lowest BCUT2D eigenvalue weighted by atomic mass is 9.89. The van der Waals surface area contributed by atoms with Gasteiger partial charge in [-0.15, -0.1) is 0 Å². The topological polar surface area (TPSA) is 25.2 Å². The van der Waals surface area contributed by atoms with Gasteiger partial charge in [0, 0.05) is 35.6 Å². The second kappa shape index (κ2) is 4.37. The molecule has 1 fully saturated rings. The molecule has 22 heavy (non-hydrogen) atoms. The van der Waals surface area contributed by atoms with Gasteiger partial charge in [-0.1, -0.05) is 11.6 Å². The van der Waals surface area contributed by atoms with Crippen LogP contribution in [-0.2, 0) is 17.8 Å². The maximum Gasteiger partial charge on any atom is 0.226 e. The van der Waals surface area contributed by atoms with Crippen LogP contribution in [0.3, 0.4) is 0 Å². The van der Waals surface area contributed by atoms with Crippen LogP contribution in [0.15, 0.2) is 18.2 Å². The summed E-state index contributed by atoms with van der Waals surface area (Å²) in [6.45, 7) is 4.03. The van der Waals surface area contributed by atoms with Crippen molar-refractivity contribution < 1.29 is 4.79 Å². The molecule has 2 heterocycles. The van der Waals surface area contributed by atoms with E-state index in [0.717, 1.165) is 32.4 Å². The first-order valence-electron chi connectivity index (χ1n) is 8.66. The standard InChI is InChI=1S/C19H22N2O/c1-12-5-8-16-15(11-12)14-3-2-4-17-18(14)20(16)9-10-21(17)19(22)13-6-7-13/h5,8,11,13,17H,2-4,6-7,9-10H2,1H3/t17-/m0/s1. The number of fused-ring (bicyclic) bond motifs is 3. The van der Waals surface area contributed by atoms with E-state index in [1.165, 1.54) is 40.6 Å². The number of nitrogens with zero attached hydrogens (tertiary/aromatic N) is 2. The van der Waals surface area contributed by atoms with Crippen LogP contribution in [0.25, 0.3) is 10.9 Å². The van der Waals surface area contributed by atoms with Gasteiger partial charge >= 0.3 is 0 Å². The van der Waals surface area contributed by atoms with Crippen molar-refractivity contribution in [3.05, 3.63) is 35.0 Å². The van der Waals surface area contributed by atoms with Crippen LogP contribution in [0.4, 0.5) is 0 Å². The summed E-state index contributed by atoms with van der Waals surface area (Å²) >= 11 is 0. The largest absolute Gasteiger partial charge is 0.341 e. The van der Waals surface area contributed by atoms with E-state index in [-0.39, 0.29) is 0 Å². The van der Waals surface area contributed by atoms with E-state index >= 15 is 0 Å². The summed E-state index contributed by atoms with van der Waals surface area (Å²) in [7, 11) is 0. The van der Waals surface area contributed by atoms with Gasteiger partial charge in [-0.25, -0.2) is 0 Å². The van der Waals surface area contributed by atoms with Crippen molar-refractivity contribution in [2.24, 2.45) is 5.92 Å².